The highest BCUT2D eigenvalue weighted by Gasteiger charge is 2.23. The van der Waals surface area contributed by atoms with Gasteiger partial charge in [-0.3, -0.25) is 4.79 Å². The van der Waals surface area contributed by atoms with Crippen LogP contribution < -0.4 is 0 Å². The Labute approximate surface area is 88.4 Å². The van der Waals surface area contributed by atoms with E-state index in [-0.39, 0.29) is 11.9 Å². The summed E-state index contributed by atoms with van der Waals surface area (Å²) in [5, 5.41) is 7.74. The van der Waals surface area contributed by atoms with Crippen LogP contribution in [-0.2, 0) is 4.79 Å². The first-order chi connectivity index (χ1) is 7.31. The van der Waals surface area contributed by atoms with E-state index in [1.54, 1.807) is 6.20 Å². The van der Waals surface area contributed by atoms with Crippen LogP contribution in [-0.4, -0.2) is 38.9 Å². The SMILES string of the molecule is C=CC(=O)N1CCCC(n2ccnn2)C1. The summed E-state index contributed by atoms with van der Waals surface area (Å²) >= 11 is 0. The van der Waals surface area contributed by atoms with Gasteiger partial charge in [0.25, 0.3) is 0 Å². The number of likely N-dealkylation sites (tertiary alicyclic amines) is 1. The third kappa shape index (κ3) is 2.06. The predicted molar refractivity (Wildman–Crippen MR) is 55.1 cm³/mol. The standard InChI is InChI=1S/C10H14N4O/c1-2-10(15)13-6-3-4-9(8-13)14-7-5-11-12-14/h2,5,7,9H,1,3-4,6,8H2. The second-order valence-corrected chi connectivity index (χ2v) is 3.67. The van der Waals surface area contributed by atoms with Crippen LogP contribution in [0.25, 0.3) is 0 Å². The quantitative estimate of drug-likeness (QED) is 0.667. The summed E-state index contributed by atoms with van der Waals surface area (Å²) in [4.78, 5) is 13.3. The maximum absolute atomic E-state index is 11.4. The van der Waals surface area contributed by atoms with E-state index < -0.39 is 0 Å². The van der Waals surface area contributed by atoms with Gasteiger partial charge >= 0.3 is 0 Å². The molecule has 1 unspecified atom stereocenters. The van der Waals surface area contributed by atoms with E-state index in [0.717, 1.165) is 19.4 Å². The van der Waals surface area contributed by atoms with Gasteiger partial charge in [0.1, 0.15) is 0 Å². The van der Waals surface area contributed by atoms with Gasteiger partial charge in [0.15, 0.2) is 0 Å². The lowest BCUT2D eigenvalue weighted by atomic mass is 10.1. The summed E-state index contributed by atoms with van der Waals surface area (Å²) in [6.07, 6.45) is 6.92. The Morgan fingerprint density at radius 2 is 2.47 bits per heavy atom. The minimum atomic E-state index is -0.000171. The van der Waals surface area contributed by atoms with Crippen LogP contribution in [0, 0.1) is 0 Å². The van der Waals surface area contributed by atoms with E-state index in [9.17, 15) is 4.79 Å². The monoisotopic (exact) mass is 206 g/mol. The van der Waals surface area contributed by atoms with Crippen LogP contribution in [0.3, 0.4) is 0 Å². The molecule has 2 heterocycles. The smallest absolute Gasteiger partial charge is 0.246 e. The zero-order valence-electron chi connectivity index (χ0n) is 8.54. The molecule has 0 N–H and O–H groups in total. The molecule has 0 radical (unpaired) electrons. The second-order valence-electron chi connectivity index (χ2n) is 3.67. The van der Waals surface area contributed by atoms with E-state index >= 15 is 0 Å². The van der Waals surface area contributed by atoms with Crippen molar-refractivity contribution >= 4 is 5.91 Å². The third-order valence-corrected chi connectivity index (χ3v) is 2.70. The lowest BCUT2D eigenvalue weighted by Gasteiger charge is -2.31. The highest BCUT2D eigenvalue weighted by molar-refractivity contribution is 5.87. The largest absolute Gasteiger partial charge is 0.337 e. The summed E-state index contributed by atoms with van der Waals surface area (Å²) in [6, 6.07) is 0.255. The number of hydrogen-bond acceptors (Lipinski definition) is 3. The number of rotatable bonds is 2. The van der Waals surface area contributed by atoms with Gasteiger partial charge in [-0.2, -0.15) is 0 Å². The lowest BCUT2D eigenvalue weighted by molar-refractivity contribution is -0.127. The molecule has 1 amide bonds. The van der Waals surface area contributed by atoms with Crippen molar-refractivity contribution in [3.05, 3.63) is 25.0 Å². The highest BCUT2D eigenvalue weighted by atomic mass is 16.2. The minimum absolute atomic E-state index is 0.000171. The minimum Gasteiger partial charge on any atom is -0.337 e. The number of nitrogens with zero attached hydrogens (tertiary/aromatic N) is 4. The first kappa shape index (κ1) is 9.89. The van der Waals surface area contributed by atoms with Crippen molar-refractivity contribution in [2.75, 3.05) is 13.1 Å². The molecule has 1 aromatic heterocycles. The molecule has 0 aromatic carbocycles. The van der Waals surface area contributed by atoms with E-state index in [2.05, 4.69) is 16.9 Å². The van der Waals surface area contributed by atoms with Gasteiger partial charge in [0, 0.05) is 19.3 Å². The molecular formula is C10H14N4O. The molecule has 15 heavy (non-hydrogen) atoms. The van der Waals surface area contributed by atoms with Gasteiger partial charge < -0.3 is 4.90 Å². The first-order valence-electron chi connectivity index (χ1n) is 5.08. The second kappa shape index (κ2) is 4.25. The number of hydrogen-bond donors (Lipinski definition) is 0. The van der Waals surface area contributed by atoms with Gasteiger partial charge in [0.05, 0.1) is 12.2 Å². The highest BCUT2D eigenvalue weighted by Crippen LogP contribution is 2.20. The van der Waals surface area contributed by atoms with Crippen molar-refractivity contribution in [1.29, 1.82) is 0 Å². The summed E-state index contributed by atoms with van der Waals surface area (Å²) in [5.41, 5.74) is 0. The van der Waals surface area contributed by atoms with Crippen molar-refractivity contribution in [3.8, 4) is 0 Å². The maximum Gasteiger partial charge on any atom is 0.246 e. The molecule has 0 aliphatic carbocycles. The predicted octanol–water partition coefficient (Wildman–Crippen LogP) is 0.628. The number of piperidine rings is 1. The van der Waals surface area contributed by atoms with Gasteiger partial charge in [0.2, 0.25) is 5.91 Å². The Hall–Kier alpha value is -1.65. The van der Waals surface area contributed by atoms with Crippen LogP contribution in [0.2, 0.25) is 0 Å². The Morgan fingerprint density at radius 1 is 1.60 bits per heavy atom. The molecule has 1 fully saturated rings. The maximum atomic E-state index is 11.4. The summed E-state index contributed by atoms with van der Waals surface area (Å²) in [6.45, 7) is 5.02. The Kier molecular flexibility index (Phi) is 2.80. The van der Waals surface area contributed by atoms with Crippen LogP contribution in [0.4, 0.5) is 0 Å². The third-order valence-electron chi connectivity index (χ3n) is 2.70. The zero-order chi connectivity index (χ0) is 10.7. The van der Waals surface area contributed by atoms with Crippen molar-refractivity contribution in [1.82, 2.24) is 19.9 Å². The fourth-order valence-electron chi connectivity index (χ4n) is 1.91. The van der Waals surface area contributed by atoms with E-state index in [4.69, 9.17) is 0 Å². The lowest BCUT2D eigenvalue weighted by Crippen LogP contribution is -2.39. The summed E-state index contributed by atoms with van der Waals surface area (Å²) < 4.78 is 1.82. The van der Waals surface area contributed by atoms with E-state index in [1.165, 1.54) is 6.08 Å². The molecule has 1 saturated heterocycles. The fraction of sp³-hybridized carbons (Fsp3) is 0.500. The normalized spacial score (nSPS) is 21.3. The Morgan fingerprint density at radius 3 is 3.13 bits per heavy atom. The molecule has 5 nitrogen and oxygen atoms in total. The van der Waals surface area contributed by atoms with Crippen molar-refractivity contribution in [3.63, 3.8) is 0 Å². The van der Waals surface area contributed by atoms with Gasteiger partial charge in [-0.25, -0.2) is 4.68 Å². The molecule has 0 saturated carbocycles. The molecular weight excluding hydrogens is 192 g/mol. The fourth-order valence-corrected chi connectivity index (χ4v) is 1.91. The summed E-state index contributed by atoms with van der Waals surface area (Å²) in [5.74, 6) is -0.000171. The van der Waals surface area contributed by atoms with Crippen molar-refractivity contribution in [2.24, 2.45) is 0 Å². The van der Waals surface area contributed by atoms with Gasteiger partial charge in [-0.1, -0.05) is 11.8 Å². The van der Waals surface area contributed by atoms with Gasteiger partial charge in [-0.05, 0) is 18.9 Å². The first-order valence-corrected chi connectivity index (χ1v) is 5.08. The topological polar surface area (TPSA) is 51.0 Å². The van der Waals surface area contributed by atoms with Crippen LogP contribution in [0.15, 0.2) is 25.0 Å². The average molecular weight is 206 g/mol. The molecule has 0 spiro atoms. The molecule has 5 heteroatoms. The van der Waals surface area contributed by atoms with Crippen molar-refractivity contribution < 1.29 is 4.79 Å². The molecule has 1 aliphatic rings. The van der Waals surface area contributed by atoms with Gasteiger partial charge in [-0.15, -0.1) is 5.10 Å². The Balaban J connectivity index is 2.04. The molecule has 2 rings (SSSR count). The molecule has 0 bridgehead atoms. The van der Waals surface area contributed by atoms with Crippen LogP contribution in [0.5, 0.6) is 0 Å². The molecule has 1 atom stereocenters. The number of carbonyl (C=O) groups excluding carboxylic acids is 1. The number of carbonyl (C=O) groups is 1. The van der Waals surface area contributed by atoms with Crippen molar-refractivity contribution in [2.45, 2.75) is 18.9 Å². The van der Waals surface area contributed by atoms with E-state index in [1.807, 2.05) is 15.8 Å². The van der Waals surface area contributed by atoms with Crippen LogP contribution >= 0.6 is 0 Å². The van der Waals surface area contributed by atoms with E-state index in [0.29, 0.717) is 6.54 Å². The number of amides is 1. The molecule has 80 valence electrons. The molecule has 1 aliphatic heterocycles. The summed E-state index contributed by atoms with van der Waals surface area (Å²) in [7, 11) is 0. The number of aromatic nitrogens is 3. The average Bonchev–Trinajstić information content (AvgIpc) is 2.82. The Bertz CT molecular complexity index is 346. The zero-order valence-corrected chi connectivity index (χ0v) is 8.54. The molecule has 1 aromatic rings. The van der Waals surface area contributed by atoms with Crippen LogP contribution in [0.1, 0.15) is 18.9 Å².